The van der Waals surface area contributed by atoms with Crippen LogP contribution in [-0.2, 0) is 0 Å². The minimum Gasteiger partial charge on any atom is -0.459 e. The first-order valence-electron chi connectivity index (χ1n) is 6.71. The molecule has 0 fully saturated rings. The van der Waals surface area contributed by atoms with Gasteiger partial charge in [-0.1, -0.05) is 23.4 Å². The second-order valence-corrected chi connectivity index (χ2v) is 6.85. The average Bonchev–Trinajstić information content (AvgIpc) is 3.20. The number of nitrogens with one attached hydrogen (secondary N) is 1. The summed E-state index contributed by atoms with van der Waals surface area (Å²) in [4.78, 5) is 12.7. The number of hydrogen-bond donors (Lipinski definition) is 1. The first kappa shape index (κ1) is 16.9. The third kappa shape index (κ3) is 4.31. The Kier molecular flexibility index (Phi) is 5.44. The van der Waals surface area contributed by atoms with Crippen LogP contribution in [0.25, 0.3) is 0 Å². The molecule has 122 valence electrons. The van der Waals surface area contributed by atoms with E-state index in [0.29, 0.717) is 15.9 Å². The second kappa shape index (κ2) is 7.74. The van der Waals surface area contributed by atoms with Crippen LogP contribution in [0.1, 0.15) is 16.3 Å². The highest BCUT2D eigenvalue weighted by molar-refractivity contribution is 9.10. The predicted octanol–water partition coefficient (Wildman–Crippen LogP) is 5.20. The number of amides is 1. The fraction of sp³-hybridized carbons (Fsp3) is 0. The third-order valence-electron chi connectivity index (χ3n) is 2.80. The topological polar surface area (TPSA) is 67.7 Å². The molecule has 0 radical (unpaired) electrons. The van der Waals surface area contributed by atoms with E-state index in [1.165, 1.54) is 24.2 Å². The van der Waals surface area contributed by atoms with Gasteiger partial charge in [-0.15, -0.1) is 0 Å². The van der Waals surface area contributed by atoms with Crippen molar-refractivity contribution >= 4 is 51.4 Å². The molecule has 0 aliphatic carbocycles. The molecule has 0 saturated heterocycles. The first-order chi connectivity index (χ1) is 11.6. The largest absolute Gasteiger partial charge is 0.459 e. The Morgan fingerprint density at radius 1 is 1.29 bits per heavy atom. The summed E-state index contributed by atoms with van der Waals surface area (Å²) in [5.74, 6) is 0.252. The van der Waals surface area contributed by atoms with E-state index in [1.54, 1.807) is 18.2 Å². The van der Waals surface area contributed by atoms with Crippen LogP contribution in [0.5, 0.6) is 0 Å². The van der Waals surface area contributed by atoms with Gasteiger partial charge in [-0.05, 0) is 52.3 Å². The standard InChI is InChI=1S/C16H10BrClN2O3S/c17-13-8-11(9-19-20-15(21)14-2-1-7-22-14)23-16(13)24-12-5-3-10(18)4-6-12/h1-9H,(H,20,21)/b19-9+. The fourth-order valence-electron chi connectivity index (χ4n) is 1.73. The van der Waals surface area contributed by atoms with E-state index < -0.39 is 5.91 Å². The van der Waals surface area contributed by atoms with Gasteiger partial charge in [0.15, 0.2) is 10.9 Å². The number of rotatable bonds is 5. The van der Waals surface area contributed by atoms with Crippen molar-refractivity contribution in [3.05, 3.63) is 69.7 Å². The number of furan rings is 2. The van der Waals surface area contributed by atoms with Crippen molar-refractivity contribution in [1.29, 1.82) is 0 Å². The van der Waals surface area contributed by atoms with E-state index in [4.69, 9.17) is 20.4 Å². The fourth-order valence-corrected chi connectivity index (χ4v) is 3.19. The van der Waals surface area contributed by atoms with Crippen LogP contribution in [0.15, 0.2) is 77.1 Å². The summed E-state index contributed by atoms with van der Waals surface area (Å²) < 4.78 is 11.4. The number of halogens is 2. The maximum absolute atomic E-state index is 11.7. The number of hydrazone groups is 1. The lowest BCUT2D eigenvalue weighted by Crippen LogP contribution is -2.16. The number of carbonyl (C=O) groups excluding carboxylic acids is 1. The lowest BCUT2D eigenvalue weighted by molar-refractivity contribution is 0.0927. The Hall–Kier alpha value is -1.96. The van der Waals surface area contributed by atoms with E-state index in [-0.39, 0.29) is 5.76 Å². The summed E-state index contributed by atoms with van der Waals surface area (Å²) in [6.07, 6.45) is 2.83. The Morgan fingerprint density at radius 2 is 2.08 bits per heavy atom. The van der Waals surface area contributed by atoms with E-state index >= 15 is 0 Å². The summed E-state index contributed by atoms with van der Waals surface area (Å²) in [7, 11) is 0. The van der Waals surface area contributed by atoms with Gasteiger partial charge in [-0.2, -0.15) is 5.10 Å². The lowest BCUT2D eigenvalue weighted by Gasteiger charge is -1.98. The number of hydrogen-bond acceptors (Lipinski definition) is 5. The predicted molar refractivity (Wildman–Crippen MR) is 95.8 cm³/mol. The molecule has 2 aromatic heterocycles. The molecule has 0 aliphatic heterocycles. The van der Waals surface area contributed by atoms with Crippen molar-refractivity contribution in [2.75, 3.05) is 0 Å². The molecule has 1 amide bonds. The van der Waals surface area contributed by atoms with Gasteiger partial charge in [0.25, 0.3) is 0 Å². The van der Waals surface area contributed by atoms with Gasteiger partial charge in [0.2, 0.25) is 0 Å². The molecule has 0 unspecified atom stereocenters. The normalized spacial score (nSPS) is 11.1. The van der Waals surface area contributed by atoms with Gasteiger partial charge in [-0.25, -0.2) is 5.43 Å². The second-order valence-electron chi connectivity index (χ2n) is 4.52. The zero-order chi connectivity index (χ0) is 16.9. The van der Waals surface area contributed by atoms with Gasteiger partial charge >= 0.3 is 5.91 Å². The van der Waals surface area contributed by atoms with Gasteiger partial charge in [-0.3, -0.25) is 4.79 Å². The zero-order valence-electron chi connectivity index (χ0n) is 12.0. The molecule has 0 aliphatic rings. The molecule has 0 bridgehead atoms. The van der Waals surface area contributed by atoms with Crippen molar-refractivity contribution in [2.45, 2.75) is 9.99 Å². The van der Waals surface area contributed by atoms with Crippen molar-refractivity contribution in [3.8, 4) is 0 Å². The summed E-state index contributed by atoms with van der Waals surface area (Å²) >= 11 is 10.8. The van der Waals surface area contributed by atoms with Gasteiger partial charge in [0.05, 0.1) is 17.0 Å². The van der Waals surface area contributed by atoms with Crippen molar-refractivity contribution < 1.29 is 13.6 Å². The number of nitrogens with zero attached hydrogens (tertiary/aromatic N) is 1. The SMILES string of the molecule is O=C(N/N=C/c1cc(Br)c(Sc2ccc(Cl)cc2)o1)c1ccco1. The highest BCUT2D eigenvalue weighted by atomic mass is 79.9. The molecule has 1 aromatic carbocycles. The highest BCUT2D eigenvalue weighted by Gasteiger charge is 2.10. The monoisotopic (exact) mass is 424 g/mol. The van der Waals surface area contributed by atoms with Crippen LogP contribution in [0, 0.1) is 0 Å². The molecular weight excluding hydrogens is 416 g/mol. The van der Waals surface area contributed by atoms with E-state index in [2.05, 4.69) is 26.5 Å². The maximum Gasteiger partial charge on any atom is 0.307 e. The molecule has 3 aromatic rings. The molecule has 24 heavy (non-hydrogen) atoms. The Morgan fingerprint density at radius 3 is 2.79 bits per heavy atom. The number of benzene rings is 1. The van der Waals surface area contributed by atoms with E-state index in [0.717, 1.165) is 9.37 Å². The first-order valence-corrected chi connectivity index (χ1v) is 8.70. The van der Waals surface area contributed by atoms with E-state index in [1.807, 2.05) is 24.3 Å². The minimum atomic E-state index is -0.433. The average molecular weight is 426 g/mol. The minimum absolute atomic E-state index is 0.187. The Bertz CT molecular complexity index is 860. The zero-order valence-corrected chi connectivity index (χ0v) is 15.2. The van der Waals surface area contributed by atoms with Crippen LogP contribution in [0.3, 0.4) is 0 Å². The quantitative estimate of drug-likeness (QED) is 0.450. The van der Waals surface area contributed by atoms with Crippen molar-refractivity contribution in [3.63, 3.8) is 0 Å². The summed E-state index contributed by atoms with van der Waals surface area (Å²) in [6, 6.07) is 12.4. The molecule has 0 atom stereocenters. The maximum atomic E-state index is 11.7. The Balaban J connectivity index is 1.64. The Labute approximate surface area is 155 Å². The summed E-state index contributed by atoms with van der Waals surface area (Å²) in [6.45, 7) is 0. The molecular formula is C16H10BrClN2O3S. The molecule has 5 nitrogen and oxygen atoms in total. The van der Waals surface area contributed by atoms with Crippen molar-refractivity contribution in [2.24, 2.45) is 5.10 Å². The highest BCUT2D eigenvalue weighted by Crippen LogP contribution is 2.35. The van der Waals surface area contributed by atoms with Crippen LogP contribution in [0.2, 0.25) is 5.02 Å². The van der Waals surface area contributed by atoms with Gasteiger partial charge < -0.3 is 8.83 Å². The smallest absolute Gasteiger partial charge is 0.307 e. The van der Waals surface area contributed by atoms with Crippen LogP contribution in [-0.4, -0.2) is 12.1 Å². The summed E-state index contributed by atoms with van der Waals surface area (Å²) in [5.41, 5.74) is 2.36. The lowest BCUT2D eigenvalue weighted by atomic mass is 10.4. The molecule has 1 N–H and O–H groups in total. The molecule has 2 heterocycles. The number of carbonyl (C=O) groups is 1. The van der Waals surface area contributed by atoms with Gasteiger partial charge in [0, 0.05) is 16.0 Å². The van der Waals surface area contributed by atoms with Crippen LogP contribution in [0.4, 0.5) is 0 Å². The molecule has 3 rings (SSSR count). The molecule has 0 saturated carbocycles. The van der Waals surface area contributed by atoms with Crippen molar-refractivity contribution in [1.82, 2.24) is 5.43 Å². The molecule has 0 spiro atoms. The third-order valence-corrected chi connectivity index (χ3v) is 4.90. The van der Waals surface area contributed by atoms with Crippen LogP contribution < -0.4 is 5.43 Å². The van der Waals surface area contributed by atoms with Gasteiger partial charge in [0.1, 0.15) is 5.76 Å². The van der Waals surface area contributed by atoms with Crippen LogP contribution >= 0.6 is 39.3 Å². The van der Waals surface area contributed by atoms with E-state index in [9.17, 15) is 4.79 Å². The summed E-state index contributed by atoms with van der Waals surface area (Å²) in [5, 5.41) is 5.20. The molecule has 8 heteroatoms.